The number of anilines is 2. The Morgan fingerprint density at radius 3 is 2.46 bits per heavy atom. The number of nitrogen functional groups attached to an aromatic ring is 1. The summed E-state index contributed by atoms with van der Waals surface area (Å²) in [6.45, 7) is 4.45. The SMILES string of the molecule is Cc1cc2c(cc1N)CN(Cc1ccccc1)C(=O)[C@H](NC(=O)N1CCC(N3Cc4ccccc4NC3=O)CC1)C2. The second-order valence-electron chi connectivity index (χ2n) is 11.3. The van der Waals surface area contributed by atoms with Gasteiger partial charge < -0.3 is 31.1 Å². The summed E-state index contributed by atoms with van der Waals surface area (Å²) in [6, 6.07) is 20.7. The number of carbonyl (C=O) groups excluding carboxylic acids is 3. The van der Waals surface area contributed by atoms with Gasteiger partial charge in [-0.3, -0.25) is 4.79 Å². The first-order chi connectivity index (χ1) is 19.9. The van der Waals surface area contributed by atoms with Gasteiger partial charge in [0.05, 0.1) is 0 Å². The van der Waals surface area contributed by atoms with E-state index in [2.05, 4.69) is 10.6 Å². The fourth-order valence-corrected chi connectivity index (χ4v) is 6.17. The molecule has 5 amide bonds. The maximum atomic E-state index is 13.8. The number of aryl methyl sites for hydroxylation is 1. The van der Waals surface area contributed by atoms with Crippen LogP contribution in [0.25, 0.3) is 0 Å². The van der Waals surface area contributed by atoms with E-state index >= 15 is 0 Å². The van der Waals surface area contributed by atoms with Crippen molar-refractivity contribution in [2.24, 2.45) is 0 Å². The third kappa shape index (κ3) is 5.57. The van der Waals surface area contributed by atoms with Crippen molar-refractivity contribution in [1.82, 2.24) is 20.0 Å². The molecule has 3 aliphatic rings. The number of carbonyl (C=O) groups is 3. The first-order valence-electron chi connectivity index (χ1n) is 14.3. The van der Waals surface area contributed by atoms with E-state index in [9.17, 15) is 14.4 Å². The third-order valence-electron chi connectivity index (χ3n) is 8.55. The summed E-state index contributed by atoms with van der Waals surface area (Å²) in [5.74, 6) is -0.104. The first-order valence-corrected chi connectivity index (χ1v) is 14.3. The standard InChI is InChI=1S/C32H36N6O3/c1-21-15-24-17-29(30(39)37(19-25(24)16-27(21)33)18-22-7-3-2-4-8-22)35-31(40)36-13-11-26(12-14-36)38-20-23-9-5-6-10-28(23)34-32(38)41/h2-10,15-16,26,29H,11-14,17-20,33H2,1H3,(H,34,41)(H,35,40)/t29-/m1/s1. The van der Waals surface area contributed by atoms with Crippen molar-refractivity contribution in [2.45, 2.75) is 57.9 Å². The second kappa shape index (κ2) is 11.2. The molecule has 1 saturated heterocycles. The van der Waals surface area contributed by atoms with E-state index in [-0.39, 0.29) is 24.0 Å². The van der Waals surface area contributed by atoms with Crippen LogP contribution in [-0.4, -0.2) is 57.8 Å². The number of piperidine rings is 1. The van der Waals surface area contributed by atoms with Gasteiger partial charge in [-0.15, -0.1) is 0 Å². The number of nitrogens with two attached hydrogens (primary N) is 1. The van der Waals surface area contributed by atoms with E-state index in [0.717, 1.165) is 33.5 Å². The molecule has 41 heavy (non-hydrogen) atoms. The van der Waals surface area contributed by atoms with Crippen molar-refractivity contribution in [3.05, 3.63) is 94.5 Å². The van der Waals surface area contributed by atoms with Crippen molar-refractivity contribution >= 4 is 29.3 Å². The van der Waals surface area contributed by atoms with Gasteiger partial charge >= 0.3 is 12.1 Å². The molecule has 0 unspecified atom stereocenters. The Bertz CT molecular complexity index is 1470. The highest BCUT2D eigenvalue weighted by Gasteiger charge is 2.35. The largest absolute Gasteiger partial charge is 0.399 e. The minimum absolute atomic E-state index is 0.0496. The van der Waals surface area contributed by atoms with Crippen molar-refractivity contribution in [3.63, 3.8) is 0 Å². The van der Waals surface area contributed by atoms with E-state index in [0.29, 0.717) is 57.7 Å². The number of urea groups is 2. The van der Waals surface area contributed by atoms with Crippen LogP contribution in [0.1, 0.15) is 40.7 Å². The summed E-state index contributed by atoms with van der Waals surface area (Å²) in [5, 5.41) is 6.04. The number of likely N-dealkylation sites (tertiary alicyclic amines) is 1. The lowest BCUT2D eigenvalue weighted by atomic mass is 9.98. The summed E-state index contributed by atoms with van der Waals surface area (Å²) in [4.78, 5) is 45.5. The van der Waals surface area contributed by atoms with E-state index in [4.69, 9.17) is 5.73 Å². The summed E-state index contributed by atoms with van der Waals surface area (Å²) in [6.07, 6.45) is 1.78. The van der Waals surface area contributed by atoms with Gasteiger partial charge in [-0.25, -0.2) is 9.59 Å². The minimum Gasteiger partial charge on any atom is -0.399 e. The molecule has 0 saturated carbocycles. The van der Waals surface area contributed by atoms with E-state index in [1.807, 2.05) is 78.6 Å². The zero-order valence-electron chi connectivity index (χ0n) is 23.3. The van der Waals surface area contributed by atoms with E-state index < -0.39 is 6.04 Å². The maximum absolute atomic E-state index is 13.8. The number of para-hydroxylation sites is 1. The molecule has 3 heterocycles. The second-order valence-corrected chi connectivity index (χ2v) is 11.3. The number of nitrogens with zero attached hydrogens (tertiary/aromatic N) is 3. The Hall–Kier alpha value is -4.53. The van der Waals surface area contributed by atoms with Gasteiger partial charge in [0.2, 0.25) is 5.91 Å². The predicted octanol–water partition coefficient (Wildman–Crippen LogP) is 4.25. The Morgan fingerprint density at radius 2 is 1.68 bits per heavy atom. The average molecular weight is 553 g/mol. The molecule has 1 fully saturated rings. The van der Waals surface area contributed by atoms with Gasteiger partial charge in [0.25, 0.3) is 0 Å². The molecule has 3 aliphatic heterocycles. The smallest absolute Gasteiger partial charge is 0.322 e. The van der Waals surface area contributed by atoms with Gasteiger partial charge in [0.15, 0.2) is 0 Å². The van der Waals surface area contributed by atoms with Crippen molar-refractivity contribution in [1.29, 1.82) is 0 Å². The van der Waals surface area contributed by atoms with Gasteiger partial charge in [-0.1, -0.05) is 54.6 Å². The Morgan fingerprint density at radius 1 is 0.951 bits per heavy atom. The van der Waals surface area contributed by atoms with Crippen LogP contribution in [0.15, 0.2) is 66.7 Å². The highest BCUT2D eigenvalue weighted by Crippen LogP contribution is 2.29. The summed E-state index contributed by atoms with van der Waals surface area (Å²) in [5.41, 5.74) is 12.9. The minimum atomic E-state index is -0.683. The van der Waals surface area contributed by atoms with Crippen LogP contribution in [0.2, 0.25) is 0 Å². The summed E-state index contributed by atoms with van der Waals surface area (Å²) < 4.78 is 0. The Labute approximate surface area is 240 Å². The molecule has 4 N–H and O–H groups in total. The number of hydrogen-bond acceptors (Lipinski definition) is 4. The monoisotopic (exact) mass is 552 g/mol. The molecular formula is C32H36N6O3. The number of amides is 5. The molecule has 3 aromatic rings. The lowest BCUT2D eigenvalue weighted by molar-refractivity contribution is -0.134. The third-order valence-corrected chi connectivity index (χ3v) is 8.55. The molecule has 3 aromatic carbocycles. The highest BCUT2D eigenvalue weighted by atomic mass is 16.2. The molecule has 1 atom stereocenters. The van der Waals surface area contributed by atoms with Gasteiger partial charge in [-0.2, -0.15) is 0 Å². The molecule has 6 rings (SSSR count). The van der Waals surface area contributed by atoms with Crippen molar-refractivity contribution in [2.75, 3.05) is 24.1 Å². The van der Waals surface area contributed by atoms with Crippen LogP contribution < -0.4 is 16.4 Å². The molecule has 0 spiro atoms. The number of hydrogen-bond donors (Lipinski definition) is 3. The molecular weight excluding hydrogens is 516 g/mol. The number of fused-ring (bicyclic) bond motifs is 2. The fraction of sp³-hybridized carbons (Fsp3) is 0.344. The van der Waals surface area contributed by atoms with E-state index in [1.165, 1.54) is 0 Å². The molecule has 0 aromatic heterocycles. The number of benzene rings is 3. The van der Waals surface area contributed by atoms with E-state index in [1.54, 1.807) is 9.80 Å². The summed E-state index contributed by atoms with van der Waals surface area (Å²) in [7, 11) is 0. The lowest BCUT2D eigenvalue weighted by Gasteiger charge is -2.40. The zero-order chi connectivity index (χ0) is 28.5. The normalized spacial score (nSPS) is 19.2. The highest BCUT2D eigenvalue weighted by molar-refractivity contribution is 5.92. The molecule has 9 heteroatoms. The van der Waals surface area contributed by atoms with Crippen LogP contribution in [0, 0.1) is 6.92 Å². The van der Waals surface area contributed by atoms with Gasteiger partial charge in [-0.05, 0) is 59.7 Å². The molecule has 212 valence electrons. The maximum Gasteiger partial charge on any atom is 0.322 e. The Kier molecular flexibility index (Phi) is 7.26. The number of nitrogens with one attached hydrogen (secondary N) is 2. The quantitative estimate of drug-likeness (QED) is 0.420. The van der Waals surface area contributed by atoms with Crippen LogP contribution >= 0.6 is 0 Å². The topological polar surface area (TPSA) is 111 Å². The summed E-state index contributed by atoms with van der Waals surface area (Å²) >= 11 is 0. The van der Waals surface area contributed by atoms with Gasteiger partial charge in [0.1, 0.15) is 6.04 Å². The van der Waals surface area contributed by atoms with Crippen molar-refractivity contribution < 1.29 is 14.4 Å². The average Bonchev–Trinajstić information content (AvgIpc) is 3.09. The van der Waals surface area contributed by atoms with Gasteiger partial charge in [0, 0.05) is 56.6 Å². The molecule has 0 bridgehead atoms. The zero-order valence-corrected chi connectivity index (χ0v) is 23.3. The first kappa shape index (κ1) is 26.7. The Balaban J connectivity index is 1.14. The molecule has 0 radical (unpaired) electrons. The predicted molar refractivity (Wildman–Crippen MR) is 158 cm³/mol. The number of rotatable bonds is 4. The van der Waals surface area contributed by atoms with Crippen LogP contribution in [0.4, 0.5) is 21.0 Å². The molecule has 0 aliphatic carbocycles. The van der Waals surface area contributed by atoms with Crippen LogP contribution in [0.3, 0.4) is 0 Å². The fourth-order valence-electron chi connectivity index (χ4n) is 6.17. The van der Waals surface area contributed by atoms with Crippen LogP contribution in [-0.2, 0) is 30.8 Å². The van der Waals surface area contributed by atoms with Crippen LogP contribution in [0.5, 0.6) is 0 Å². The van der Waals surface area contributed by atoms with Crippen molar-refractivity contribution in [3.8, 4) is 0 Å². The lowest BCUT2D eigenvalue weighted by Crippen LogP contribution is -2.55. The molecule has 9 nitrogen and oxygen atoms in total.